The van der Waals surface area contributed by atoms with Crippen LogP contribution in [-0.2, 0) is 22.6 Å². The van der Waals surface area contributed by atoms with E-state index in [4.69, 9.17) is 0 Å². The van der Waals surface area contributed by atoms with E-state index < -0.39 is 0 Å². The molecule has 0 aliphatic heterocycles. The SMILES string of the molecule is CC(=O)N(CCC(=O)NCCc1c[nH]c2ccccc12)Cc1cccc(C)c1. The second-order valence-corrected chi connectivity index (χ2v) is 7.14. The molecule has 1 heterocycles. The molecule has 0 saturated heterocycles. The number of H-pyrrole nitrogens is 1. The number of rotatable bonds is 8. The van der Waals surface area contributed by atoms with Crippen LogP contribution in [0.4, 0.5) is 0 Å². The summed E-state index contributed by atoms with van der Waals surface area (Å²) in [5, 5.41) is 4.15. The van der Waals surface area contributed by atoms with Crippen LogP contribution < -0.4 is 5.32 Å². The molecule has 5 heteroatoms. The summed E-state index contributed by atoms with van der Waals surface area (Å²) in [5.41, 5.74) is 4.55. The van der Waals surface area contributed by atoms with Gasteiger partial charge in [-0.2, -0.15) is 0 Å². The second kappa shape index (κ2) is 9.22. The summed E-state index contributed by atoms with van der Waals surface area (Å²) in [4.78, 5) is 29.1. The van der Waals surface area contributed by atoms with Crippen molar-refractivity contribution >= 4 is 22.7 Å². The summed E-state index contributed by atoms with van der Waals surface area (Å²) >= 11 is 0. The van der Waals surface area contributed by atoms with Gasteiger partial charge in [-0.1, -0.05) is 48.0 Å². The lowest BCUT2D eigenvalue weighted by Gasteiger charge is -2.21. The normalized spacial score (nSPS) is 10.8. The molecule has 3 aromatic rings. The van der Waals surface area contributed by atoms with Crippen LogP contribution in [0.3, 0.4) is 0 Å². The molecule has 0 spiro atoms. The predicted octanol–water partition coefficient (Wildman–Crippen LogP) is 3.57. The Morgan fingerprint density at radius 2 is 1.93 bits per heavy atom. The standard InChI is InChI=1S/C23H27N3O2/c1-17-6-5-7-19(14-17)16-26(18(2)27)13-11-23(28)24-12-10-20-15-25-22-9-4-3-8-21(20)22/h3-9,14-15,25H,10-13,16H2,1-2H3,(H,24,28). The van der Waals surface area contributed by atoms with Crippen molar-refractivity contribution in [2.75, 3.05) is 13.1 Å². The highest BCUT2D eigenvalue weighted by Crippen LogP contribution is 2.17. The largest absolute Gasteiger partial charge is 0.361 e. The zero-order valence-electron chi connectivity index (χ0n) is 16.5. The fraction of sp³-hybridized carbons (Fsp3) is 0.304. The van der Waals surface area contributed by atoms with Crippen LogP contribution in [0.1, 0.15) is 30.0 Å². The average molecular weight is 377 g/mol. The highest BCUT2D eigenvalue weighted by atomic mass is 16.2. The van der Waals surface area contributed by atoms with Gasteiger partial charge in [0.1, 0.15) is 0 Å². The predicted molar refractivity (Wildman–Crippen MR) is 112 cm³/mol. The molecule has 28 heavy (non-hydrogen) atoms. The Hall–Kier alpha value is -3.08. The van der Waals surface area contributed by atoms with Gasteiger partial charge in [-0.3, -0.25) is 9.59 Å². The molecule has 0 radical (unpaired) electrons. The second-order valence-electron chi connectivity index (χ2n) is 7.14. The fourth-order valence-electron chi connectivity index (χ4n) is 3.38. The monoisotopic (exact) mass is 377 g/mol. The summed E-state index contributed by atoms with van der Waals surface area (Å²) in [7, 11) is 0. The molecule has 0 aliphatic carbocycles. The van der Waals surface area contributed by atoms with E-state index in [1.54, 1.807) is 11.8 Å². The van der Waals surface area contributed by atoms with Crippen LogP contribution in [0, 0.1) is 6.92 Å². The number of aromatic nitrogens is 1. The number of aromatic amines is 1. The van der Waals surface area contributed by atoms with Crippen molar-refractivity contribution in [2.24, 2.45) is 0 Å². The number of amides is 2. The van der Waals surface area contributed by atoms with E-state index >= 15 is 0 Å². The topological polar surface area (TPSA) is 65.2 Å². The molecule has 2 amide bonds. The molecular weight excluding hydrogens is 350 g/mol. The van der Waals surface area contributed by atoms with Gasteiger partial charge in [0.15, 0.2) is 0 Å². The van der Waals surface area contributed by atoms with Gasteiger partial charge >= 0.3 is 0 Å². The molecule has 2 aromatic carbocycles. The van der Waals surface area contributed by atoms with E-state index in [2.05, 4.69) is 22.4 Å². The Morgan fingerprint density at radius 1 is 1.11 bits per heavy atom. The number of carbonyl (C=O) groups excluding carboxylic acids is 2. The van der Waals surface area contributed by atoms with Gasteiger partial charge < -0.3 is 15.2 Å². The summed E-state index contributed by atoms with van der Waals surface area (Å²) < 4.78 is 0. The Kier molecular flexibility index (Phi) is 6.48. The van der Waals surface area contributed by atoms with E-state index in [-0.39, 0.29) is 11.8 Å². The van der Waals surface area contributed by atoms with E-state index in [1.165, 1.54) is 10.9 Å². The third-order valence-corrected chi connectivity index (χ3v) is 4.90. The van der Waals surface area contributed by atoms with Crippen molar-refractivity contribution in [3.63, 3.8) is 0 Å². The summed E-state index contributed by atoms with van der Waals surface area (Å²) in [6.45, 7) is 5.11. The molecule has 0 bridgehead atoms. The summed E-state index contributed by atoms with van der Waals surface area (Å²) in [5.74, 6) is -0.0524. The van der Waals surface area contributed by atoms with Crippen LogP contribution in [-0.4, -0.2) is 34.8 Å². The lowest BCUT2D eigenvalue weighted by atomic mass is 10.1. The van der Waals surface area contributed by atoms with Crippen molar-refractivity contribution in [1.29, 1.82) is 0 Å². The maximum atomic E-state index is 12.2. The van der Waals surface area contributed by atoms with Crippen LogP contribution in [0.5, 0.6) is 0 Å². The van der Waals surface area contributed by atoms with Crippen molar-refractivity contribution in [3.8, 4) is 0 Å². The third kappa shape index (κ3) is 5.22. The van der Waals surface area contributed by atoms with E-state index in [0.717, 1.165) is 23.1 Å². The number of aryl methyl sites for hydroxylation is 1. The Morgan fingerprint density at radius 3 is 2.71 bits per heavy atom. The number of para-hydroxylation sites is 1. The number of carbonyl (C=O) groups is 2. The van der Waals surface area contributed by atoms with Crippen LogP contribution in [0.25, 0.3) is 10.9 Å². The van der Waals surface area contributed by atoms with Crippen molar-refractivity contribution in [2.45, 2.75) is 33.2 Å². The highest BCUT2D eigenvalue weighted by molar-refractivity contribution is 5.83. The quantitative estimate of drug-likeness (QED) is 0.630. The van der Waals surface area contributed by atoms with E-state index in [0.29, 0.717) is 26.1 Å². The molecule has 146 valence electrons. The van der Waals surface area contributed by atoms with Crippen LogP contribution in [0.15, 0.2) is 54.7 Å². The van der Waals surface area contributed by atoms with Gasteiger partial charge in [-0.15, -0.1) is 0 Å². The first-order valence-corrected chi connectivity index (χ1v) is 9.65. The molecule has 5 nitrogen and oxygen atoms in total. The number of nitrogens with zero attached hydrogens (tertiary/aromatic N) is 1. The zero-order valence-corrected chi connectivity index (χ0v) is 16.5. The minimum absolute atomic E-state index is 0.0203. The van der Waals surface area contributed by atoms with Gasteiger partial charge in [0.25, 0.3) is 0 Å². The first-order chi connectivity index (χ1) is 13.5. The van der Waals surface area contributed by atoms with Gasteiger partial charge in [0.05, 0.1) is 0 Å². The Balaban J connectivity index is 1.46. The molecule has 0 fully saturated rings. The maximum absolute atomic E-state index is 12.2. The molecule has 2 N–H and O–H groups in total. The number of hydrogen-bond donors (Lipinski definition) is 2. The van der Waals surface area contributed by atoms with E-state index in [1.807, 2.05) is 49.5 Å². The Bertz CT molecular complexity index is 961. The number of hydrogen-bond acceptors (Lipinski definition) is 2. The smallest absolute Gasteiger partial charge is 0.221 e. The summed E-state index contributed by atoms with van der Waals surface area (Å²) in [6, 6.07) is 16.2. The lowest BCUT2D eigenvalue weighted by molar-refractivity contribution is -0.130. The fourth-order valence-corrected chi connectivity index (χ4v) is 3.38. The maximum Gasteiger partial charge on any atom is 0.221 e. The first kappa shape index (κ1) is 19.7. The number of nitrogens with one attached hydrogen (secondary N) is 2. The molecule has 0 saturated carbocycles. The van der Waals surface area contributed by atoms with Gasteiger partial charge in [0, 0.05) is 50.1 Å². The summed E-state index contributed by atoms with van der Waals surface area (Å²) in [6.07, 6.45) is 3.07. The van der Waals surface area contributed by atoms with Crippen molar-refractivity contribution < 1.29 is 9.59 Å². The minimum Gasteiger partial charge on any atom is -0.361 e. The third-order valence-electron chi connectivity index (χ3n) is 4.90. The van der Waals surface area contributed by atoms with Gasteiger partial charge in [-0.25, -0.2) is 0 Å². The van der Waals surface area contributed by atoms with E-state index in [9.17, 15) is 9.59 Å². The molecule has 0 aliphatic rings. The van der Waals surface area contributed by atoms with Gasteiger partial charge in [-0.05, 0) is 30.5 Å². The Labute approximate surface area is 165 Å². The average Bonchev–Trinajstić information content (AvgIpc) is 3.08. The molecule has 3 rings (SSSR count). The number of fused-ring (bicyclic) bond motifs is 1. The van der Waals surface area contributed by atoms with Crippen molar-refractivity contribution in [1.82, 2.24) is 15.2 Å². The number of benzene rings is 2. The van der Waals surface area contributed by atoms with Crippen LogP contribution >= 0.6 is 0 Å². The molecule has 1 aromatic heterocycles. The van der Waals surface area contributed by atoms with Crippen LogP contribution in [0.2, 0.25) is 0 Å². The van der Waals surface area contributed by atoms with Crippen molar-refractivity contribution in [3.05, 3.63) is 71.4 Å². The van der Waals surface area contributed by atoms with Gasteiger partial charge in [0.2, 0.25) is 11.8 Å². The minimum atomic E-state index is -0.0321. The molecular formula is C23H27N3O2. The first-order valence-electron chi connectivity index (χ1n) is 9.65. The highest BCUT2D eigenvalue weighted by Gasteiger charge is 2.12. The molecule has 0 unspecified atom stereocenters. The lowest BCUT2D eigenvalue weighted by Crippen LogP contribution is -2.34. The zero-order chi connectivity index (χ0) is 19.9. The molecule has 0 atom stereocenters.